The maximum absolute atomic E-state index is 13.3. The second-order valence-corrected chi connectivity index (χ2v) is 23.6. The number of hydrogen-bond donors (Lipinski definition) is 4. The fourth-order valence-electron chi connectivity index (χ4n) is 11.7. The maximum Gasteiger partial charge on any atom is 0.257 e. The lowest BCUT2D eigenvalue weighted by atomic mass is 9.74. The molecule has 2 saturated carbocycles. The Morgan fingerprint density at radius 2 is 1.37 bits per heavy atom. The fourth-order valence-corrected chi connectivity index (χ4v) is 12.7. The molecule has 2 aromatic heterocycles. The summed E-state index contributed by atoms with van der Waals surface area (Å²) in [6.07, 6.45) is 19.7. The molecule has 434 valence electrons. The van der Waals surface area contributed by atoms with Crippen molar-refractivity contribution < 1.29 is 28.7 Å². The van der Waals surface area contributed by atoms with Gasteiger partial charge in [0.2, 0.25) is 11.8 Å². The van der Waals surface area contributed by atoms with Gasteiger partial charge in [-0.1, -0.05) is 106 Å². The van der Waals surface area contributed by atoms with Crippen molar-refractivity contribution in [1.82, 2.24) is 30.0 Å². The molecule has 3 aromatic carbocycles. The lowest BCUT2D eigenvalue weighted by Gasteiger charge is -2.35. The second-order valence-electron chi connectivity index (χ2n) is 22.7. The van der Waals surface area contributed by atoms with Gasteiger partial charge in [-0.05, 0) is 127 Å². The topological polar surface area (TPSA) is 249 Å². The lowest BCUT2D eigenvalue weighted by molar-refractivity contribution is -0.131. The van der Waals surface area contributed by atoms with Gasteiger partial charge in [-0.3, -0.25) is 33.9 Å². The van der Waals surface area contributed by atoms with E-state index in [2.05, 4.69) is 61.5 Å². The van der Waals surface area contributed by atoms with E-state index in [1.807, 2.05) is 68.4 Å². The predicted octanol–water partition coefficient (Wildman–Crippen LogP) is 9.31. The number of benzene rings is 3. The highest BCUT2D eigenvalue weighted by molar-refractivity contribution is 7.10. The van der Waals surface area contributed by atoms with E-state index in [4.69, 9.17) is 31.7 Å². The van der Waals surface area contributed by atoms with Crippen molar-refractivity contribution in [1.29, 1.82) is 0 Å². The van der Waals surface area contributed by atoms with E-state index in [0.717, 1.165) is 82.5 Å². The van der Waals surface area contributed by atoms with Gasteiger partial charge >= 0.3 is 0 Å². The number of hydrogen-bond acceptors (Lipinski definition) is 15. The molecule has 82 heavy (non-hydrogen) atoms. The van der Waals surface area contributed by atoms with Gasteiger partial charge in [0, 0.05) is 51.6 Å². The number of carbonyl (C=O) groups excluding carboxylic acids is 4. The summed E-state index contributed by atoms with van der Waals surface area (Å²) in [5.74, 6) is 2.52. The molecule has 4 amide bonds. The molecule has 19 heteroatoms. The number of nitrogens with one attached hydrogen (secondary N) is 1. The molecular formula is C63H80N12O6S. The van der Waals surface area contributed by atoms with Crippen LogP contribution >= 0.6 is 11.3 Å². The Hall–Kier alpha value is -7.77. The highest BCUT2D eigenvalue weighted by Gasteiger charge is 2.48. The highest BCUT2D eigenvalue weighted by atomic mass is 32.1. The maximum atomic E-state index is 13.3. The molecule has 5 aliphatic rings. The van der Waals surface area contributed by atoms with Crippen LogP contribution in [0.1, 0.15) is 130 Å². The van der Waals surface area contributed by atoms with Gasteiger partial charge in [-0.2, -0.15) is 0 Å². The third-order valence-electron chi connectivity index (χ3n) is 16.5. The van der Waals surface area contributed by atoms with E-state index < -0.39 is 16.6 Å². The number of thiophene rings is 1. The van der Waals surface area contributed by atoms with Crippen LogP contribution in [0.25, 0.3) is 22.3 Å². The Bertz CT molecular complexity index is 3180. The van der Waals surface area contributed by atoms with Crippen molar-refractivity contribution in [2.24, 2.45) is 44.0 Å². The minimum atomic E-state index is -0.736. The minimum Gasteiger partial charge on any atom is -0.490 e. The van der Waals surface area contributed by atoms with Crippen molar-refractivity contribution in [2.45, 2.75) is 133 Å². The van der Waals surface area contributed by atoms with Crippen LogP contribution < -0.4 is 27.3 Å². The van der Waals surface area contributed by atoms with E-state index in [-0.39, 0.29) is 48.0 Å². The summed E-state index contributed by atoms with van der Waals surface area (Å²) in [6, 6.07) is 26.4. The van der Waals surface area contributed by atoms with Crippen LogP contribution in [-0.2, 0) is 36.8 Å². The Morgan fingerprint density at radius 1 is 0.744 bits per heavy atom. The predicted molar refractivity (Wildman–Crippen MR) is 324 cm³/mol. The van der Waals surface area contributed by atoms with E-state index in [0.29, 0.717) is 49.4 Å². The Balaban J connectivity index is 0.000000163. The molecule has 0 radical (unpaired) electrons. The van der Waals surface area contributed by atoms with Crippen LogP contribution in [0.2, 0.25) is 0 Å². The molecule has 10 rings (SSSR count). The van der Waals surface area contributed by atoms with Crippen LogP contribution in [-0.4, -0.2) is 113 Å². The number of methoxy groups -OCH3 is 1. The summed E-state index contributed by atoms with van der Waals surface area (Å²) in [5, 5.41) is 5.24. The Labute approximate surface area is 486 Å². The number of amides is 4. The molecule has 2 fully saturated rings. The molecule has 18 nitrogen and oxygen atoms in total. The summed E-state index contributed by atoms with van der Waals surface area (Å²) in [4.78, 5) is 77.3. The first kappa shape index (κ1) is 60.3. The standard InChI is InChI=1S/C24H36N6O2.C21H23N3O2.C18H21N3O2S/c1-30-22(32)24(29-23(30)25,11-10-17-6-3-2-4-7-17)13-18-8-5-9-20(12-18)28-21(31)19-14-26-16-27-15-19;1-4-11-26-18-10-6-8-16(13-18)15-7-5-9-17(12-15)21(2)14-19(25)24(3)20(22)23-21;1-18(9-16(22)21(2)17(19)20-18)15-8-14(11-24-15)13-6-4-5-12(7-13)10-23-3/h14-18,20H,2-13H2,1H3,(H2,25,29)(H,28,31);4-10,12-13H,1,11,14H2,2-3H3,(H2,22,23);4-8,11H,9-10H2,1-3H3,(H2,19,20)/t18-,20+,24+;21-;18-/m000/s1. The van der Waals surface area contributed by atoms with Crippen LogP contribution in [0.4, 0.5) is 0 Å². The number of nitrogens with zero attached hydrogens (tertiary/aromatic N) is 8. The monoisotopic (exact) mass is 1130 g/mol. The largest absolute Gasteiger partial charge is 0.490 e. The molecule has 5 atom stereocenters. The lowest BCUT2D eigenvalue weighted by Crippen LogP contribution is -2.47. The summed E-state index contributed by atoms with van der Waals surface area (Å²) >= 11 is 1.61. The van der Waals surface area contributed by atoms with Gasteiger partial charge in [0.1, 0.15) is 29.8 Å². The average Bonchev–Trinajstić information content (AvgIpc) is 4.26. The number of ether oxygens (including phenoxy) is 2. The molecule has 7 N–H and O–H groups in total. The van der Waals surface area contributed by atoms with E-state index in [1.54, 1.807) is 45.7 Å². The average molecular weight is 1130 g/mol. The fraction of sp³-hybridized carbons (Fsp3) is 0.444. The van der Waals surface area contributed by atoms with E-state index in [1.165, 1.54) is 65.5 Å². The normalized spacial score (nSPS) is 23.8. The third kappa shape index (κ3) is 14.6. The molecular weight excluding hydrogens is 1050 g/mol. The van der Waals surface area contributed by atoms with E-state index in [9.17, 15) is 19.2 Å². The van der Waals surface area contributed by atoms with Crippen LogP contribution in [0.3, 0.4) is 0 Å². The van der Waals surface area contributed by atoms with Crippen molar-refractivity contribution in [3.05, 3.63) is 137 Å². The quantitative estimate of drug-likeness (QED) is 0.0678. The van der Waals surface area contributed by atoms with E-state index >= 15 is 0 Å². The molecule has 0 unspecified atom stereocenters. The molecule has 5 heterocycles. The molecule has 0 bridgehead atoms. The van der Waals surface area contributed by atoms with Crippen molar-refractivity contribution >= 4 is 52.8 Å². The van der Waals surface area contributed by atoms with Crippen LogP contribution in [0.5, 0.6) is 5.75 Å². The highest BCUT2D eigenvalue weighted by Crippen LogP contribution is 2.42. The number of guanidine groups is 3. The van der Waals surface area contributed by atoms with Crippen molar-refractivity contribution in [3.8, 4) is 28.0 Å². The Kier molecular flexibility index (Phi) is 19.8. The zero-order valence-corrected chi connectivity index (χ0v) is 49.1. The molecule has 0 spiro atoms. The van der Waals surface area contributed by atoms with Crippen LogP contribution in [0.15, 0.2) is 131 Å². The summed E-state index contributed by atoms with van der Waals surface area (Å²) in [5.41, 5.74) is 22.8. The smallest absolute Gasteiger partial charge is 0.257 e. The summed E-state index contributed by atoms with van der Waals surface area (Å²) in [7, 11) is 6.72. The number of aromatic nitrogens is 2. The summed E-state index contributed by atoms with van der Waals surface area (Å²) in [6.45, 7) is 8.62. The molecule has 0 saturated heterocycles. The van der Waals surface area contributed by atoms with Crippen molar-refractivity contribution in [2.75, 3.05) is 34.9 Å². The van der Waals surface area contributed by atoms with Crippen molar-refractivity contribution in [3.63, 3.8) is 0 Å². The van der Waals surface area contributed by atoms with Gasteiger partial charge in [-0.15, -0.1) is 11.3 Å². The van der Waals surface area contributed by atoms with Gasteiger partial charge in [-0.25, -0.2) is 24.9 Å². The molecule has 5 aromatic rings. The second kappa shape index (κ2) is 26.9. The number of carbonyl (C=O) groups is 4. The number of likely N-dealkylation sites (N-methyl/N-ethyl adjacent to an activating group) is 1. The zero-order chi connectivity index (χ0) is 58.6. The third-order valence-corrected chi connectivity index (χ3v) is 17.7. The SMILES string of the molecule is C=CCOc1cccc(-c2cccc([C@]3(C)CC(=O)N(C)C(N)=N3)c2)c1.CN1C(=O)[C@@](CCC2CCCCC2)(C[C@H]2CCC[C@@H](NC(=O)c3cncnc3)C2)N=C1N.COCc1cccc(-c2csc([C@]3(C)CC(=O)N(C)C(N)=N3)c2)c1. The van der Waals surface area contributed by atoms with Gasteiger partial charge < -0.3 is 32.0 Å². The number of nitrogens with two attached hydrogens (primary N) is 3. The zero-order valence-electron chi connectivity index (χ0n) is 48.3. The first-order valence-corrected chi connectivity index (χ1v) is 29.3. The van der Waals surface area contributed by atoms with Gasteiger partial charge in [0.25, 0.3) is 11.8 Å². The first-order valence-electron chi connectivity index (χ1n) is 28.4. The summed E-state index contributed by atoms with van der Waals surface area (Å²) < 4.78 is 10.8. The number of aliphatic imine (C=N–C) groups is 3. The van der Waals surface area contributed by atoms with Gasteiger partial charge in [0.15, 0.2) is 17.9 Å². The van der Waals surface area contributed by atoms with Gasteiger partial charge in [0.05, 0.1) is 30.6 Å². The first-order chi connectivity index (χ1) is 39.3. The molecule has 2 aliphatic carbocycles. The Morgan fingerprint density at radius 3 is 2.02 bits per heavy atom. The minimum absolute atomic E-state index is 0.0120. The number of rotatable bonds is 16. The molecule has 3 aliphatic heterocycles. The van der Waals surface area contributed by atoms with Crippen LogP contribution in [0, 0.1) is 11.8 Å².